The van der Waals surface area contributed by atoms with Crippen LogP contribution in [0.5, 0.6) is 0 Å². The third-order valence-electron chi connectivity index (χ3n) is 3.99. The molecule has 0 spiro atoms. The van der Waals surface area contributed by atoms with Gasteiger partial charge in [-0.25, -0.2) is 4.98 Å². The summed E-state index contributed by atoms with van der Waals surface area (Å²) in [5, 5.41) is 7.83. The van der Waals surface area contributed by atoms with Crippen molar-refractivity contribution in [2.45, 2.75) is 12.8 Å². The van der Waals surface area contributed by atoms with Gasteiger partial charge in [-0.15, -0.1) is 0 Å². The molecule has 2 aromatic rings. The molecule has 1 fully saturated rings. The van der Waals surface area contributed by atoms with Crippen LogP contribution in [-0.2, 0) is 14.3 Å². The molecule has 7 nitrogen and oxygen atoms in total. The largest absolute Gasteiger partial charge is 0.469 e. The summed E-state index contributed by atoms with van der Waals surface area (Å²) in [6.45, 7) is 3.87. The molecule has 1 aliphatic heterocycles. The second kappa shape index (κ2) is 9.11. The molecule has 0 amide bonds. The molecule has 3 rings (SSSR count). The molecule has 0 bridgehead atoms. The van der Waals surface area contributed by atoms with Crippen molar-refractivity contribution in [1.82, 2.24) is 10.3 Å². The average Bonchev–Trinajstić information content (AvgIpc) is 3.09. The first-order chi connectivity index (χ1) is 12.7. The standard InChI is InChI=1S/C17H22N4O3S2/c1-23-15(22)3-2-6-18-16(25)19-12-4-5-13-14(11-12)26-17(20-13)21-7-9-24-10-8-21/h4-5,11H,2-3,6-10H2,1H3,(H2,18,19,25). The van der Waals surface area contributed by atoms with Crippen LogP contribution in [0.1, 0.15) is 12.8 Å². The fourth-order valence-electron chi connectivity index (χ4n) is 2.59. The lowest BCUT2D eigenvalue weighted by Gasteiger charge is -2.25. The number of esters is 1. The van der Waals surface area contributed by atoms with E-state index in [4.69, 9.17) is 21.9 Å². The minimum Gasteiger partial charge on any atom is -0.469 e. The van der Waals surface area contributed by atoms with Gasteiger partial charge in [0.05, 0.1) is 30.5 Å². The molecule has 1 saturated heterocycles. The first kappa shape index (κ1) is 18.8. The maximum Gasteiger partial charge on any atom is 0.305 e. The topological polar surface area (TPSA) is 75.7 Å². The average molecular weight is 395 g/mol. The number of carbonyl (C=O) groups is 1. The summed E-state index contributed by atoms with van der Waals surface area (Å²) in [7, 11) is 1.39. The van der Waals surface area contributed by atoms with Gasteiger partial charge in [-0.1, -0.05) is 11.3 Å². The lowest BCUT2D eigenvalue weighted by Crippen LogP contribution is -2.36. The summed E-state index contributed by atoms with van der Waals surface area (Å²) in [5.41, 5.74) is 1.90. The Labute approximate surface area is 161 Å². The number of methoxy groups -OCH3 is 1. The van der Waals surface area contributed by atoms with E-state index in [1.165, 1.54) is 7.11 Å². The maximum absolute atomic E-state index is 11.1. The number of carbonyl (C=O) groups excluding carboxylic acids is 1. The number of hydrogen-bond acceptors (Lipinski definition) is 7. The van der Waals surface area contributed by atoms with Crippen LogP contribution in [0.4, 0.5) is 10.8 Å². The van der Waals surface area contributed by atoms with Gasteiger partial charge in [0.15, 0.2) is 10.2 Å². The minimum absolute atomic E-state index is 0.211. The number of thiazole rings is 1. The number of morpholine rings is 1. The predicted octanol–water partition coefficient (Wildman–Crippen LogP) is 2.37. The number of rotatable bonds is 6. The van der Waals surface area contributed by atoms with E-state index in [0.717, 1.165) is 47.3 Å². The number of nitrogens with one attached hydrogen (secondary N) is 2. The monoisotopic (exact) mass is 394 g/mol. The highest BCUT2D eigenvalue weighted by atomic mass is 32.1. The number of nitrogens with zero attached hydrogens (tertiary/aromatic N) is 2. The zero-order valence-electron chi connectivity index (χ0n) is 14.6. The molecular formula is C17H22N4O3S2. The summed E-state index contributed by atoms with van der Waals surface area (Å²) < 4.78 is 11.1. The zero-order valence-corrected chi connectivity index (χ0v) is 16.3. The van der Waals surface area contributed by atoms with Crippen molar-refractivity contribution in [3.63, 3.8) is 0 Å². The van der Waals surface area contributed by atoms with Crippen LogP contribution >= 0.6 is 23.6 Å². The lowest BCUT2D eigenvalue weighted by molar-refractivity contribution is -0.140. The van der Waals surface area contributed by atoms with Gasteiger partial charge >= 0.3 is 5.97 Å². The molecule has 1 aromatic heterocycles. The Morgan fingerprint density at radius 1 is 1.42 bits per heavy atom. The highest BCUT2D eigenvalue weighted by Crippen LogP contribution is 2.31. The van der Waals surface area contributed by atoms with Crippen LogP contribution in [0.2, 0.25) is 0 Å². The molecular weight excluding hydrogens is 372 g/mol. The summed E-state index contributed by atoms with van der Waals surface area (Å²) in [5.74, 6) is -0.211. The van der Waals surface area contributed by atoms with Gasteiger partial charge in [-0.2, -0.15) is 0 Å². The van der Waals surface area contributed by atoms with E-state index in [9.17, 15) is 4.79 Å². The van der Waals surface area contributed by atoms with Gasteiger partial charge in [0.1, 0.15) is 0 Å². The number of fused-ring (bicyclic) bond motifs is 1. The van der Waals surface area contributed by atoms with E-state index >= 15 is 0 Å². The van der Waals surface area contributed by atoms with Crippen LogP contribution in [0, 0.1) is 0 Å². The van der Waals surface area contributed by atoms with E-state index in [1.807, 2.05) is 12.1 Å². The number of thiocarbonyl (C=S) groups is 1. The predicted molar refractivity (Wildman–Crippen MR) is 108 cm³/mol. The molecule has 140 valence electrons. The van der Waals surface area contributed by atoms with Crippen molar-refractivity contribution in [1.29, 1.82) is 0 Å². The normalized spacial score (nSPS) is 14.3. The van der Waals surface area contributed by atoms with Gasteiger partial charge in [0, 0.05) is 31.7 Å². The van der Waals surface area contributed by atoms with Crippen LogP contribution in [0.3, 0.4) is 0 Å². The van der Waals surface area contributed by atoms with E-state index in [2.05, 4.69) is 26.3 Å². The Hall–Kier alpha value is -1.97. The fourth-order valence-corrected chi connectivity index (χ4v) is 3.87. The molecule has 0 unspecified atom stereocenters. The quantitative estimate of drug-likeness (QED) is 0.439. The Kier molecular flexibility index (Phi) is 6.59. The smallest absolute Gasteiger partial charge is 0.305 e. The van der Waals surface area contributed by atoms with Crippen LogP contribution in [0.15, 0.2) is 18.2 Å². The number of aromatic nitrogens is 1. The van der Waals surface area contributed by atoms with Crippen LogP contribution in [0.25, 0.3) is 10.2 Å². The SMILES string of the molecule is COC(=O)CCCNC(=S)Nc1ccc2nc(N3CCOCC3)sc2c1. The molecule has 0 saturated carbocycles. The second-order valence-corrected chi connectivity index (χ2v) is 7.26. The molecule has 2 N–H and O–H groups in total. The van der Waals surface area contributed by atoms with Crippen molar-refractivity contribution < 1.29 is 14.3 Å². The maximum atomic E-state index is 11.1. The zero-order chi connectivity index (χ0) is 18.4. The van der Waals surface area contributed by atoms with Crippen molar-refractivity contribution in [2.75, 3.05) is 50.2 Å². The summed E-state index contributed by atoms with van der Waals surface area (Å²) >= 11 is 6.98. The Morgan fingerprint density at radius 2 is 2.23 bits per heavy atom. The molecule has 0 aliphatic carbocycles. The first-order valence-electron chi connectivity index (χ1n) is 8.50. The van der Waals surface area contributed by atoms with Crippen molar-refractivity contribution in [3.05, 3.63) is 18.2 Å². The number of hydrogen-bond donors (Lipinski definition) is 2. The van der Waals surface area contributed by atoms with Gasteiger partial charge in [-0.3, -0.25) is 4.79 Å². The second-order valence-electron chi connectivity index (χ2n) is 5.84. The Bertz CT molecular complexity index is 774. The summed E-state index contributed by atoms with van der Waals surface area (Å²) in [6, 6.07) is 6.02. The van der Waals surface area contributed by atoms with Gasteiger partial charge in [0.2, 0.25) is 0 Å². The highest BCUT2D eigenvalue weighted by molar-refractivity contribution is 7.80. The lowest BCUT2D eigenvalue weighted by atomic mass is 10.3. The van der Waals surface area contributed by atoms with Crippen molar-refractivity contribution in [2.24, 2.45) is 0 Å². The van der Waals surface area contributed by atoms with E-state index in [-0.39, 0.29) is 5.97 Å². The highest BCUT2D eigenvalue weighted by Gasteiger charge is 2.15. The number of ether oxygens (including phenoxy) is 2. The summed E-state index contributed by atoms with van der Waals surface area (Å²) in [6.07, 6.45) is 1.05. The van der Waals surface area contributed by atoms with E-state index in [0.29, 0.717) is 24.5 Å². The first-order valence-corrected chi connectivity index (χ1v) is 9.73. The number of benzene rings is 1. The van der Waals surface area contributed by atoms with Gasteiger partial charge in [-0.05, 0) is 36.8 Å². The fraction of sp³-hybridized carbons (Fsp3) is 0.471. The third kappa shape index (κ3) is 5.03. The molecule has 2 heterocycles. The molecule has 1 aliphatic rings. The van der Waals surface area contributed by atoms with Crippen LogP contribution < -0.4 is 15.5 Å². The van der Waals surface area contributed by atoms with E-state index in [1.54, 1.807) is 11.3 Å². The van der Waals surface area contributed by atoms with Crippen molar-refractivity contribution in [3.8, 4) is 0 Å². The third-order valence-corrected chi connectivity index (χ3v) is 5.31. The van der Waals surface area contributed by atoms with E-state index < -0.39 is 0 Å². The van der Waals surface area contributed by atoms with Crippen molar-refractivity contribution >= 4 is 55.7 Å². The molecule has 0 radical (unpaired) electrons. The number of anilines is 2. The molecule has 0 atom stereocenters. The molecule has 1 aromatic carbocycles. The van der Waals surface area contributed by atoms with Gasteiger partial charge in [0.25, 0.3) is 0 Å². The molecule has 26 heavy (non-hydrogen) atoms. The Balaban J connectivity index is 1.55. The minimum atomic E-state index is -0.211. The Morgan fingerprint density at radius 3 is 3.00 bits per heavy atom. The summed E-state index contributed by atoms with van der Waals surface area (Å²) in [4.78, 5) is 18.0. The molecule has 9 heteroatoms. The van der Waals surface area contributed by atoms with Gasteiger partial charge < -0.3 is 25.0 Å². The van der Waals surface area contributed by atoms with Crippen LogP contribution in [-0.4, -0.2) is 56.0 Å².